The van der Waals surface area contributed by atoms with E-state index in [0.29, 0.717) is 13.2 Å². The highest BCUT2D eigenvalue weighted by atomic mass is 16.5. The lowest BCUT2D eigenvalue weighted by Crippen LogP contribution is -2.50. The molecule has 20 heavy (non-hydrogen) atoms. The van der Waals surface area contributed by atoms with Crippen molar-refractivity contribution in [2.75, 3.05) is 50.8 Å². The van der Waals surface area contributed by atoms with Gasteiger partial charge in [-0.15, -0.1) is 0 Å². The largest absolute Gasteiger partial charge is 0.380 e. The van der Waals surface area contributed by atoms with Gasteiger partial charge in [0.2, 0.25) is 0 Å². The summed E-state index contributed by atoms with van der Waals surface area (Å²) >= 11 is 0. The molecule has 0 bridgehead atoms. The van der Waals surface area contributed by atoms with Crippen LogP contribution >= 0.6 is 0 Å². The summed E-state index contributed by atoms with van der Waals surface area (Å²) in [5, 5.41) is 0. The average molecular weight is 275 g/mol. The molecule has 1 aromatic heterocycles. The van der Waals surface area contributed by atoms with Gasteiger partial charge < -0.3 is 14.4 Å². The second-order valence-corrected chi connectivity index (χ2v) is 5.73. The van der Waals surface area contributed by atoms with E-state index in [1.807, 2.05) is 24.4 Å². The first-order chi connectivity index (χ1) is 9.81. The lowest BCUT2D eigenvalue weighted by Gasteiger charge is -2.38. The molecule has 1 atom stereocenters. The third kappa shape index (κ3) is 2.83. The van der Waals surface area contributed by atoms with Crippen molar-refractivity contribution in [2.24, 2.45) is 5.41 Å². The van der Waals surface area contributed by atoms with Crippen LogP contribution in [0.3, 0.4) is 0 Å². The van der Waals surface area contributed by atoms with E-state index in [-0.39, 0.29) is 5.41 Å². The molecule has 0 aromatic carbocycles. The highest BCUT2D eigenvalue weighted by molar-refractivity contribution is 5.60. The highest BCUT2D eigenvalue weighted by Crippen LogP contribution is 2.28. The molecule has 2 aliphatic heterocycles. The zero-order valence-corrected chi connectivity index (χ0v) is 11.7. The molecule has 0 aliphatic carbocycles. The third-order valence-corrected chi connectivity index (χ3v) is 4.27. The van der Waals surface area contributed by atoms with Gasteiger partial charge in [0.25, 0.3) is 0 Å². The Hall–Kier alpha value is -1.46. The lowest BCUT2D eigenvalue weighted by molar-refractivity contribution is -0.117. The fourth-order valence-electron chi connectivity index (χ4n) is 3.00. The SMILES string of the molecule is O=CC1(CN2CCN(c3ccccn3)CC2)CCOC1. The minimum absolute atomic E-state index is 0.271. The summed E-state index contributed by atoms with van der Waals surface area (Å²) in [7, 11) is 0. The Kier molecular flexibility index (Phi) is 3.98. The van der Waals surface area contributed by atoms with Gasteiger partial charge in [0.15, 0.2) is 0 Å². The summed E-state index contributed by atoms with van der Waals surface area (Å²) in [5.74, 6) is 1.04. The van der Waals surface area contributed by atoms with Gasteiger partial charge in [0, 0.05) is 45.5 Å². The Bertz CT molecular complexity index is 438. The van der Waals surface area contributed by atoms with Gasteiger partial charge in [-0.2, -0.15) is 0 Å². The second kappa shape index (κ2) is 5.89. The number of hydrogen-bond donors (Lipinski definition) is 0. The van der Waals surface area contributed by atoms with Crippen LogP contribution in [0.15, 0.2) is 24.4 Å². The Morgan fingerprint density at radius 2 is 2.15 bits per heavy atom. The molecule has 0 N–H and O–H groups in total. The maximum Gasteiger partial charge on any atom is 0.129 e. The van der Waals surface area contributed by atoms with Crippen molar-refractivity contribution in [1.82, 2.24) is 9.88 Å². The van der Waals surface area contributed by atoms with E-state index in [0.717, 1.165) is 51.2 Å². The number of carbonyl (C=O) groups is 1. The molecule has 0 saturated carbocycles. The van der Waals surface area contributed by atoms with Gasteiger partial charge in [-0.25, -0.2) is 4.98 Å². The molecule has 3 heterocycles. The predicted octanol–water partition coefficient (Wildman–Crippen LogP) is 0.809. The Labute approximate surface area is 119 Å². The van der Waals surface area contributed by atoms with E-state index < -0.39 is 0 Å². The van der Waals surface area contributed by atoms with Gasteiger partial charge in [-0.3, -0.25) is 4.90 Å². The van der Waals surface area contributed by atoms with Crippen LogP contribution in [0.2, 0.25) is 0 Å². The Morgan fingerprint density at radius 3 is 2.75 bits per heavy atom. The number of aromatic nitrogens is 1. The fourth-order valence-corrected chi connectivity index (χ4v) is 3.00. The smallest absolute Gasteiger partial charge is 0.129 e. The number of aldehydes is 1. The van der Waals surface area contributed by atoms with Crippen molar-refractivity contribution < 1.29 is 9.53 Å². The molecule has 0 radical (unpaired) electrons. The lowest BCUT2D eigenvalue weighted by atomic mass is 9.88. The first-order valence-electron chi connectivity index (χ1n) is 7.24. The number of nitrogens with zero attached hydrogens (tertiary/aromatic N) is 3. The number of carbonyl (C=O) groups excluding carboxylic acids is 1. The molecular formula is C15H21N3O2. The molecule has 0 amide bonds. The second-order valence-electron chi connectivity index (χ2n) is 5.73. The van der Waals surface area contributed by atoms with E-state index in [1.165, 1.54) is 0 Å². The van der Waals surface area contributed by atoms with E-state index in [2.05, 4.69) is 14.8 Å². The van der Waals surface area contributed by atoms with E-state index in [9.17, 15) is 4.79 Å². The summed E-state index contributed by atoms with van der Waals surface area (Å²) in [5.41, 5.74) is -0.271. The summed E-state index contributed by atoms with van der Waals surface area (Å²) < 4.78 is 5.40. The Balaban J connectivity index is 1.55. The number of rotatable bonds is 4. The minimum Gasteiger partial charge on any atom is -0.380 e. The zero-order valence-electron chi connectivity index (χ0n) is 11.7. The van der Waals surface area contributed by atoms with E-state index in [1.54, 1.807) is 0 Å². The highest BCUT2D eigenvalue weighted by Gasteiger charge is 2.37. The van der Waals surface area contributed by atoms with Crippen molar-refractivity contribution >= 4 is 12.1 Å². The number of anilines is 1. The molecule has 5 nitrogen and oxygen atoms in total. The van der Waals surface area contributed by atoms with Crippen LogP contribution in [-0.4, -0.2) is 62.1 Å². The number of pyridine rings is 1. The number of ether oxygens (including phenoxy) is 1. The summed E-state index contributed by atoms with van der Waals surface area (Å²) in [4.78, 5) is 20.4. The average Bonchev–Trinajstić information content (AvgIpc) is 2.98. The Morgan fingerprint density at radius 1 is 1.30 bits per heavy atom. The third-order valence-electron chi connectivity index (χ3n) is 4.27. The van der Waals surface area contributed by atoms with Crippen molar-refractivity contribution in [1.29, 1.82) is 0 Å². The molecule has 3 rings (SSSR count). The van der Waals surface area contributed by atoms with Crippen molar-refractivity contribution in [3.63, 3.8) is 0 Å². The van der Waals surface area contributed by atoms with Crippen molar-refractivity contribution in [3.8, 4) is 0 Å². The van der Waals surface area contributed by atoms with Gasteiger partial charge in [-0.1, -0.05) is 6.07 Å². The first kappa shape index (κ1) is 13.5. The predicted molar refractivity (Wildman–Crippen MR) is 76.8 cm³/mol. The molecule has 1 aromatic rings. The first-order valence-corrected chi connectivity index (χ1v) is 7.24. The van der Waals surface area contributed by atoms with Gasteiger partial charge in [0.05, 0.1) is 12.0 Å². The molecule has 0 spiro atoms. The standard InChI is InChI=1S/C15H21N3O2/c19-12-15(4-10-20-13-15)11-17-6-8-18(9-7-17)14-3-1-2-5-16-14/h1-3,5,12H,4,6-11,13H2. The monoisotopic (exact) mass is 275 g/mol. The van der Waals surface area contributed by atoms with Gasteiger partial charge in [-0.05, 0) is 18.6 Å². The van der Waals surface area contributed by atoms with Crippen molar-refractivity contribution in [3.05, 3.63) is 24.4 Å². The van der Waals surface area contributed by atoms with Crippen LogP contribution in [0.1, 0.15) is 6.42 Å². The van der Waals surface area contributed by atoms with Crippen LogP contribution in [0.25, 0.3) is 0 Å². The number of hydrogen-bond acceptors (Lipinski definition) is 5. The van der Waals surface area contributed by atoms with Crippen LogP contribution < -0.4 is 4.90 Å². The van der Waals surface area contributed by atoms with Crippen molar-refractivity contribution in [2.45, 2.75) is 6.42 Å². The van der Waals surface area contributed by atoms with Crippen LogP contribution in [0.5, 0.6) is 0 Å². The molecule has 2 fully saturated rings. The maximum absolute atomic E-state index is 11.4. The minimum atomic E-state index is -0.271. The normalized spacial score (nSPS) is 27.7. The summed E-state index contributed by atoms with van der Waals surface area (Å²) in [6, 6.07) is 6.01. The molecule has 5 heteroatoms. The molecular weight excluding hydrogens is 254 g/mol. The molecule has 1 unspecified atom stereocenters. The van der Waals surface area contributed by atoms with Crippen LogP contribution in [0, 0.1) is 5.41 Å². The van der Waals surface area contributed by atoms with E-state index in [4.69, 9.17) is 4.74 Å². The van der Waals surface area contributed by atoms with Crippen LogP contribution in [0.4, 0.5) is 5.82 Å². The topological polar surface area (TPSA) is 45.7 Å². The molecule has 2 saturated heterocycles. The van der Waals surface area contributed by atoms with Gasteiger partial charge in [0.1, 0.15) is 12.1 Å². The van der Waals surface area contributed by atoms with Crippen LogP contribution in [-0.2, 0) is 9.53 Å². The summed E-state index contributed by atoms with van der Waals surface area (Å²) in [6.45, 7) is 6.01. The quantitative estimate of drug-likeness (QED) is 0.761. The van der Waals surface area contributed by atoms with Gasteiger partial charge >= 0.3 is 0 Å². The molecule has 2 aliphatic rings. The summed E-state index contributed by atoms with van der Waals surface area (Å²) in [6.07, 6.45) is 3.79. The fraction of sp³-hybridized carbons (Fsp3) is 0.600. The maximum atomic E-state index is 11.4. The van der Waals surface area contributed by atoms with E-state index >= 15 is 0 Å². The molecule has 108 valence electrons. The zero-order chi connectivity index (χ0) is 13.8. The number of piperazine rings is 1.